The number of amides is 1. The summed E-state index contributed by atoms with van der Waals surface area (Å²) in [6.07, 6.45) is 0.697. The Morgan fingerprint density at radius 3 is 2.81 bits per heavy atom. The summed E-state index contributed by atoms with van der Waals surface area (Å²) in [7, 11) is 1.57. The highest BCUT2D eigenvalue weighted by Gasteiger charge is 2.12. The zero-order valence-corrected chi connectivity index (χ0v) is 15.1. The maximum atomic E-state index is 13.5. The molecule has 0 aliphatic rings. The van der Waals surface area contributed by atoms with Gasteiger partial charge in [-0.1, -0.05) is 17.8 Å². The first-order chi connectivity index (χ1) is 12.5. The molecular weight excluding hydrogens is 366 g/mol. The highest BCUT2D eigenvalue weighted by atomic mass is 32.2. The van der Waals surface area contributed by atoms with Crippen LogP contribution < -0.4 is 11.0 Å². The number of aromatic nitrogens is 3. The lowest BCUT2D eigenvalue weighted by molar-refractivity contribution is -0.118. The molecule has 1 amide bonds. The Morgan fingerprint density at radius 2 is 2.12 bits per heavy atom. The molecule has 0 bridgehead atoms. The van der Waals surface area contributed by atoms with Crippen LogP contribution in [0, 0.1) is 11.6 Å². The van der Waals surface area contributed by atoms with E-state index in [4.69, 9.17) is 4.74 Å². The van der Waals surface area contributed by atoms with Crippen LogP contribution in [-0.4, -0.2) is 46.7 Å². The number of H-pyrrole nitrogens is 1. The predicted octanol–water partition coefficient (Wildman–Crippen LogP) is 1.34. The number of carbonyl (C=O) groups excluding carboxylic acids is 1. The largest absolute Gasteiger partial charge is 0.385 e. The van der Waals surface area contributed by atoms with Gasteiger partial charge in [-0.25, -0.2) is 18.7 Å². The summed E-state index contributed by atoms with van der Waals surface area (Å²) >= 11 is 1.11. The van der Waals surface area contributed by atoms with Crippen LogP contribution in [0.15, 0.2) is 28.2 Å². The van der Waals surface area contributed by atoms with E-state index < -0.39 is 11.6 Å². The molecule has 1 aromatic heterocycles. The van der Waals surface area contributed by atoms with E-state index in [9.17, 15) is 18.4 Å². The van der Waals surface area contributed by atoms with Crippen molar-refractivity contribution in [3.05, 3.63) is 45.9 Å². The summed E-state index contributed by atoms with van der Waals surface area (Å²) in [6.45, 7) is 1.05. The van der Waals surface area contributed by atoms with Gasteiger partial charge in [0.25, 0.3) is 0 Å². The highest BCUT2D eigenvalue weighted by molar-refractivity contribution is 7.99. The smallest absolute Gasteiger partial charge is 0.343 e. The molecule has 142 valence electrons. The molecule has 2 N–H and O–H groups in total. The topological polar surface area (TPSA) is 89.0 Å². The van der Waals surface area contributed by atoms with Gasteiger partial charge in [0.1, 0.15) is 11.6 Å². The van der Waals surface area contributed by atoms with Crippen LogP contribution in [-0.2, 0) is 22.5 Å². The van der Waals surface area contributed by atoms with Gasteiger partial charge in [-0.2, -0.15) is 0 Å². The molecule has 1 heterocycles. The van der Waals surface area contributed by atoms with Crippen molar-refractivity contribution in [2.75, 3.05) is 26.0 Å². The van der Waals surface area contributed by atoms with Crippen LogP contribution in [0.1, 0.15) is 12.0 Å². The van der Waals surface area contributed by atoms with Crippen LogP contribution in [0.3, 0.4) is 0 Å². The van der Waals surface area contributed by atoms with Crippen molar-refractivity contribution in [1.82, 2.24) is 20.1 Å². The third-order valence-corrected chi connectivity index (χ3v) is 4.52. The van der Waals surface area contributed by atoms with Gasteiger partial charge in [-0.15, -0.1) is 5.10 Å². The molecule has 0 atom stereocenters. The Bertz CT molecular complexity index is 774. The van der Waals surface area contributed by atoms with Crippen molar-refractivity contribution >= 4 is 17.7 Å². The second-order valence-corrected chi connectivity index (χ2v) is 6.34. The lowest BCUT2D eigenvalue weighted by atomic mass is 10.1. The van der Waals surface area contributed by atoms with Gasteiger partial charge in [0.2, 0.25) is 5.91 Å². The molecule has 0 aliphatic heterocycles. The van der Waals surface area contributed by atoms with Crippen LogP contribution >= 0.6 is 11.8 Å². The third kappa shape index (κ3) is 5.67. The number of benzene rings is 1. The van der Waals surface area contributed by atoms with Gasteiger partial charge in [-0.05, 0) is 25.0 Å². The van der Waals surface area contributed by atoms with E-state index >= 15 is 0 Å². The second kappa shape index (κ2) is 10.1. The first-order valence-electron chi connectivity index (χ1n) is 7.99. The fourth-order valence-corrected chi connectivity index (χ4v) is 3.06. The minimum absolute atomic E-state index is 0.0360. The molecule has 2 rings (SSSR count). The third-order valence-electron chi connectivity index (χ3n) is 3.54. The van der Waals surface area contributed by atoms with Gasteiger partial charge in [0.15, 0.2) is 5.16 Å². The molecule has 0 saturated heterocycles. The highest BCUT2D eigenvalue weighted by Crippen LogP contribution is 2.14. The van der Waals surface area contributed by atoms with E-state index in [0.717, 1.165) is 11.8 Å². The average molecular weight is 386 g/mol. The fraction of sp³-hybridized carbons (Fsp3) is 0.438. The molecule has 0 unspecified atom stereocenters. The molecular formula is C16H20F2N4O3S. The number of ether oxygens (including phenoxy) is 1. The quantitative estimate of drug-likeness (QED) is 0.475. The fourth-order valence-electron chi connectivity index (χ4n) is 2.26. The van der Waals surface area contributed by atoms with Gasteiger partial charge < -0.3 is 10.1 Å². The monoisotopic (exact) mass is 386 g/mol. The van der Waals surface area contributed by atoms with E-state index in [1.165, 1.54) is 22.8 Å². The number of nitrogens with zero attached hydrogens (tertiary/aromatic N) is 2. The number of thioether (sulfide) groups is 1. The molecule has 1 aromatic carbocycles. The van der Waals surface area contributed by atoms with E-state index in [1.54, 1.807) is 7.11 Å². The summed E-state index contributed by atoms with van der Waals surface area (Å²) in [5, 5.41) is 9.23. The Hall–Kier alpha value is -2.20. The van der Waals surface area contributed by atoms with Crippen LogP contribution in [0.4, 0.5) is 8.78 Å². The number of hydrogen-bond donors (Lipinski definition) is 2. The minimum Gasteiger partial charge on any atom is -0.385 e. The predicted molar refractivity (Wildman–Crippen MR) is 93.1 cm³/mol. The summed E-state index contributed by atoms with van der Waals surface area (Å²) in [5.41, 5.74) is -0.404. The van der Waals surface area contributed by atoms with Crippen molar-refractivity contribution in [3.8, 4) is 0 Å². The Morgan fingerprint density at radius 1 is 1.38 bits per heavy atom. The number of halogens is 2. The van der Waals surface area contributed by atoms with Crippen molar-refractivity contribution in [1.29, 1.82) is 0 Å². The summed E-state index contributed by atoms with van der Waals surface area (Å²) < 4.78 is 33.4. The first-order valence-corrected chi connectivity index (χ1v) is 8.98. The van der Waals surface area contributed by atoms with Crippen LogP contribution in [0.25, 0.3) is 0 Å². The van der Waals surface area contributed by atoms with Gasteiger partial charge >= 0.3 is 5.69 Å². The van der Waals surface area contributed by atoms with Crippen molar-refractivity contribution in [2.45, 2.75) is 24.5 Å². The number of rotatable bonds is 10. The second-order valence-electron chi connectivity index (χ2n) is 5.40. The molecule has 0 radical (unpaired) electrons. The SMILES string of the molecule is COCCCn1c(SCC(=O)NCCc2c(F)cccc2F)n[nH]c1=O. The first kappa shape index (κ1) is 20.1. The normalized spacial score (nSPS) is 10.9. The van der Waals surface area contributed by atoms with Crippen LogP contribution in [0.2, 0.25) is 0 Å². The number of hydrogen-bond acceptors (Lipinski definition) is 5. The van der Waals surface area contributed by atoms with Gasteiger partial charge in [0, 0.05) is 32.4 Å². The molecule has 0 aliphatic carbocycles. The number of nitrogens with one attached hydrogen (secondary N) is 2. The molecule has 0 spiro atoms. The molecule has 0 fully saturated rings. The zero-order valence-electron chi connectivity index (χ0n) is 14.3. The van der Waals surface area contributed by atoms with Crippen molar-refractivity contribution < 1.29 is 18.3 Å². The maximum Gasteiger partial charge on any atom is 0.343 e. The summed E-state index contributed by atoms with van der Waals surface area (Å²) in [6, 6.07) is 3.65. The molecule has 0 saturated carbocycles. The van der Waals surface area contributed by atoms with E-state index in [-0.39, 0.29) is 35.9 Å². The summed E-state index contributed by atoms with van der Waals surface area (Å²) in [5.74, 6) is -1.55. The zero-order chi connectivity index (χ0) is 18.9. The van der Waals surface area contributed by atoms with Crippen LogP contribution in [0.5, 0.6) is 0 Å². The lowest BCUT2D eigenvalue weighted by Crippen LogP contribution is -2.28. The Kier molecular flexibility index (Phi) is 7.79. The maximum absolute atomic E-state index is 13.5. The summed E-state index contributed by atoms with van der Waals surface area (Å²) in [4.78, 5) is 23.6. The number of aromatic amines is 1. The Balaban J connectivity index is 1.79. The molecule has 10 heteroatoms. The minimum atomic E-state index is -0.634. The van der Waals surface area contributed by atoms with Crippen molar-refractivity contribution in [3.63, 3.8) is 0 Å². The van der Waals surface area contributed by atoms with E-state index in [1.807, 2.05) is 0 Å². The number of carbonyl (C=O) groups is 1. The van der Waals surface area contributed by atoms with E-state index in [0.29, 0.717) is 24.7 Å². The van der Waals surface area contributed by atoms with Crippen molar-refractivity contribution in [2.24, 2.45) is 0 Å². The molecule has 2 aromatic rings. The van der Waals surface area contributed by atoms with E-state index in [2.05, 4.69) is 15.5 Å². The van der Waals surface area contributed by atoms with Gasteiger partial charge in [-0.3, -0.25) is 9.36 Å². The molecule has 7 nitrogen and oxygen atoms in total. The lowest BCUT2D eigenvalue weighted by Gasteiger charge is -2.07. The number of methoxy groups -OCH3 is 1. The Labute approximate surface area is 153 Å². The average Bonchev–Trinajstić information content (AvgIpc) is 2.96. The standard InChI is InChI=1S/C16H20F2N4O3S/c1-25-9-3-8-22-15(24)20-21-16(22)26-10-14(23)19-7-6-11-12(17)4-2-5-13(11)18/h2,4-5H,3,6-10H2,1H3,(H,19,23)(H,20,24). The van der Waals surface area contributed by atoms with Gasteiger partial charge in [0.05, 0.1) is 5.75 Å². The molecule has 26 heavy (non-hydrogen) atoms.